The van der Waals surface area contributed by atoms with Crippen LogP contribution in [0, 0.1) is 0 Å². The molecule has 0 amide bonds. The summed E-state index contributed by atoms with van der Waals surface area (Å²) in [5.74, 6) is -1.48. The summed E-state index contributed by atoms with van der Waals surface area (Å²) in [6, 6.07) is 0. The lowest BCUT2D eigenvalue weighted by Crippen LogP contribution is -2.65. The zero-order chi connectivity index (χ0) is 23.3. The van der Waals surface area contributed by atoms with E-state index in [1.54, 1.807) is 0 Å². The number of hydrogen-bond donors (Lipinski definition) is 6. The second kappa shape index (κ2) is 11.4. The molecule has 0 spiro atoms. The predicted octanol–water partition coefficient (Wildman–Crippen LogP) is -3.48. The van der Waals surface area contributed by atoms with Crippen molar-refractivity contribution in [3.05, 3.63) is 0 Å². The molecule has 0 aromatic rings. The lowest BCUT2D eigenvalue weighted by atomic mass is 9.97. The first-order chi connectivity index (χ1) is 14.7. The van der Waals surface area contributed by atoms with Crippen molar-refractivity contribution in [1.29, 1.82) is 0 Å². The van der Waals surface area contributed by atoms with Crippen LogP contribution in [-0.2, 0) is 33.3 Å². The maximum absolute atomic E-state index is 11.9. The summed E-state index contributed by atoms with van der Waals surface area (Å²) in [5, 5.41) is 59.4. The predicted molar refractivity (Wildman–Crippen MR) is 96.9 cm³/mol. The fourth-order valence-electron chi connectivity index (χ4n) is 3.19. The van der Waals surface area contributed by atoms with Gasteiger partial charge in [-0.15, -0.1) is 0 Å². The van der Waals surface area contributed by atoms with Gasteiger partial charge in [0, 0.05) is 12.8 Å². The third-order valence-electron chi connectivity index (χ3n) is 5.03. The molecule has 10 atom stereocenters. The van der Waals surface area contributed by atoms with Gasteiger partial charge < -0.3 is 54.3 Å². The Morgan fingerprint density at radius 3 is 1.71 bits per heavy atom. The minimum atomic E-state index is -1.79. The Morgan fingerprint density at radius 2 is 1.19 bits per heavy atom. The highest BCUT2D eigenvalue weighted by atomic mass is 16.8. The molecule has 180 valence electrons. The highest BCUT2D eigenvalue weighted by molar-refractivity contribution is 5.70. The number of carbonyl (C=O) groups is 2. The van der Waals surface area contributed by atoms with E-state index in [1.165, 1.54) is 13.8 Å². The van der Waals surface area contributed by atoms with Crippen LogP contribution in [0.2, 0.25) is 0 Å². The van der Waals surface area contributed by atoms with Crippen molar-refractivity contribution in [3.8, 4) is 0 Å². The molecule has 0 aromatic carbocycles. The lowest BCUT2D eigenvalue weighted by molar-refractivity contribution is -0.377. The van der Waals surface area contributed by atoms with Gasteiger partial charge in [0.2, 0.25) is 6.29 Å². The Kier molecular flexibility index (Phi) is 9.54. The van der Waals surface area contributed by atoms with Crippen LogP contribution in [0.25, 0.3) is 0 Å². The first-order valence-electron chi connectivity index (χ1n) is 9.97. The minimum Gasteiger partial charge on any atom is -0.455 e. The molecule has 0 unspecified atom stereocenters. The maximum Gasteiger partial charge on any atom is 0.306 e. The first kappa shape index (κ1) is 25.8. The highest BCUT2D eigenvalue weighted by Crippen LogP contribution is 2.31. The largest absolute Gasteiger partial charge is 0.455 e. The molecule has 0 radical (unpaired) electrons. The fourth-order valence-corrected chi connectivity index (χ4v) is 3.19. The van der Waals surface area contributed by atoms with Crippen LogP contribution in [0.15, 0.2) is 0 Å². The van der Waals surface area contributed by atoms with Gasteiger partial charge in [-0.3, -0.25) is 9.59 Å². The molecular weight excluding hydrogens is 424 g/mol. The summed E-state index contributed by atoms with van der Waals surface area (Å²) < 4.78 is 26.7. The Morgan fingerprint density at radius 1 is 0.710 bits per heavy atom. The molecule has 2 aliphatic rings. The monoisotopic (exact) mass is 454 g/mol. The second-order valence-electron chi connectivity index (χ2n) is 7.17. The smallest absolute Gasteiger partial charge is 0.306 e. The van der Waals surface area contributed by atoms with Crippen molar-refractivity contribution in [1.82, 2.24) is 0 Å². The van der Waals surface area contributed by atoms with E-state index in [0.717, 1.165) is 0 Å². The van der Waals surface area contributed by atoms with E-state index in [2.05, 4.69) is 0 Å². The van der Waals surface area contributed by atoms with E-state index >= 15 is 0 Å². The molecule has 0 saturated carbocycles. The topological polar surface area (TPSA) is 202 Å². The van der Waals surface area contributed by atoms with Crippen molar-refractivity contribution in [2.24, 2.45) is 0 Å². The number of carbonyl (C=O) groups excluding carboxylic acids is 2. The molecule has 2 fully saturated rings. The molecule has 13 nitrogen and oxygen atoms in total. The van der Waals surface area contributed by atoms with E-state index < -0.39 is 86.6 Å². The van der Waals surface area contributed by atoms with Crippen LogP contribution in [0.4, 0.5) is 0 Å². The molecule has 13 heteroatoms. The zero-order valence-corrected chi connectivity index (χ0v) is 17.1. The van der Waals surface area contributed by atoms with Gasteiger partial charge in [-0.25, -0.2) is 0 Å². The van der Waals surface area contributed by atoms with E-state index in [9.17, 15) is 40.2 Å². The van der Waals surface area contributed by atoms with Crippen molar-refractivity contribution in [2.75, 3.05) is 13.2 Å². The lowest BCUT2D eigenvalue weighted by Gasteiger charge is -2.46. The van der Waals surface area contributed by atoms with Crippen LogP contribution in [-0.4, -0.2) is 117 Å². The Labute approximate surface area is 178 Å². The van der Waals surface area contributed by atoms with Crippen molar-refractivity contribution >= 4 is 11.9 Å². The third-order valence-corrected chi connectivity index (χ3v) is 5.03. The van der Waals surface area contributed by atoms with E-state index in [4.69, 9.17) is 23.7 Å². The molecule has 2 aliphatic heterocycles. The first-order valence-corrected chi connectivity index (χ1v) is 9.97. The summed E-state index contributed by atoms with van der Waals surface area (Å²) in [6.07, 6.45) is -15.8. The molecule has 2 heterocycles. The van der Waals surface area contributed by atoms with Crippen molar-refractivity contribution < 1.29 is 63.9 Å². The Balaban J connectivity index is 2.31. The quantitative estimate of drug-likeness (QED) is 0.198. The summed E-state index contributed by atoms with van der Waals surface area (Å²) >= 11 is 0. The van der Waals surface area contributed by atoms with Gasteiger partial charge in [-0.2, -0.15) is 0 Å². The Bertz CT molecular complexity index is 599. The molecular formula is C18H30O13. The second-order valence-corrected chi connectivity index (χ2v) is 7.17. The number of aliphatic hydroxyl groups excluding tert-OH is 6. The number of hydrogen-bond acceptors (Lipinski definition) is 13. The molecule has 6 N–H and O–H groups in total. The number of ether oxygens (including phenoxy) is 5. The molecule has 2 saturated heterocycles. The van der Waals surface area contributed by atoms with Crippen LogP contribution in [0.1, 0.15) is 26.7 Å². The van der Waals surface area contributed by atoms with Gasteiger partial charge >= 0.3 is 11.9 Å². The summed E-state index contributed by atoms with van der Waals surface area (Å²) in [7, 11) is 0. The van der Waals surface area contributed by atoms with Gasteiger partial charge in [0.05, 0.1) is 13.2 Å². The normalized spacial score (nSPS) is 40.9. The summed E-state index contributed by atoms with van der Waals surface area (Å²) in [5.41, 5.74) is 0. The SMILES string of the molecule is CCC(=O)O[C@H]1[C@@H](O[C@H]2O[C@H](CO)[C@@H](O)[C@H](O)[C@H]2O)O[C@H](CO)[C@@H](O)[C@@H]1OC(=O)CC. The Hall–Kier alpha value is -1.42. The van der Waals surface area contributed by atoms with Crippen LogP contribution in [0.3, 0.4) is 0 Å². The molecule has 0 aliphatic carbocycles. The van der Waals surface area contributed by atoms with E-state index in [-0.39, 0.29) is 12.8 Å². The van der Waals surface area contributed by atoms with Gasteiger partial charge in [0.1, 0.15) is 36.6 Å². The van der Waals surface area contributed by atoms with Gasteiger partial charge in [-0.1, -0.05) is 13.8 Å². The van der Waals surface area contributed by atoms with E-state index in [0.29, 0.717) is 0 Å². The molecule has 0 aromatic heterocycles. The third kappa shape index (κ3) is 5.88. The summed E-state index contributed by atoms with van der Waals surface area (Å²) in [4.78, 5) is 23.8. The van der Waals surface area contributed by atoms with Crippen LogP contribution < -0.4 is 0 Å². The van der Waals surface area contributed by atoms with Gasteiger partial charge in [0.15, 0.2) is 18.5 Å². The molecule has 31 heavy (non-hydrogen) atoms. The average Bonchev–Trinajstić information content (AvgIpc) is 2.77. The van der Waals surface area contributed by atoms with Gasteiger partial charge in [0.25, 0.3) is 0 Å². The molecule has 2 rings (SSSR count). The maximum atomic E-state index is 11.9. The van der Waals surface area contributed by atoms with E-state index in [1.807, 2.05) is 0 Å². The van der Waals surface area contributed by atoms with Crippen LogP contribution >= 0.6 is 0 Å². The minimum absolute atomic E-state index is 0.0550. The van der Waals surface area contributed by atoms with Gasteiger partial charge in [-0.05, 0) is 0 Å². The fraction of sp³-hybridized carbons (Fsp3) is 0.889. The number of esters is 2. The summed E-state index contributed by atoms with van der Waals surface area (Å²) in [6.45, 7) is 1.58. The average molecular weight is 454 g/mol. The zero-order valence-electron chi connectivity index (χ0n) is 17.1. The number of rotatable bonds is 8. The highest BCUT2D eigenvalue weighted by Gasteiger charge is 2.53. The van der Waals surface area contributed by atoms with Crippen LogP contribution in [0.5, 0.6) is 0 Å². The standard InChI is InChI=1S/C18H30O13/c1-3-9(21)29-15-12(24)8(6-20)28-18(16(15)30-10(22)4-2)31-17-14(26)13(25)11(23)7(5-19)27-17/h7-8,11-20,23-26H,3-6H2,1-2H3/t7-,8-,11-,12-,13+,14-,15+,16-,17-,18-/m1/s1. The van der Waals surface area contributed by atoms with Crippen molar-refractivity contribution in [3.63, 3.8) is 0 Å². The van der Waals surface area contributed by atoms with Crippen molar-refractivity contribution in [2.45, 2.75) is 88.1 Å². The number of aliphatic hydroxyl groups is 6. The molecule has 0 bridgehead atoms.